The van der Waals surface area contributed by atoms with Crippen LogP contribution in [0.1, 0.15) is 30.5 Å². The van der Waals surface area contributed by atoms with Crippen LogP contribution < -0.4 is 10.1 Å². The highest BCUT2D eigenvalue weighted by Crippen LogP contribution is 2.25. The summed E-state index contributed by atoms with van der Waals surface area (Å²) in [5.74, 6) is -0.989. The van der Waals surface area contributed by atoms with Crippen LogP contribution in [-0.2, 0) is 35.6 Å². The molecule has 1 aliphatic heterocycles. The summed E-state index contributed by atoms with van der Waals surface area (Å²) in [6.45, 7) is 4.16. The molecule has 0 aromatic heterocycles. The van der Waals surface area contributed by atoms with Gasteiger partial charge >= 0.3 is 0 Å². The first kappa shape index (κ1) is 33.1. The molecule has 1 heterocycles. The molecule has 1 aliphatic rings. The van der Waals surface area contributed by atoms with Crippen molar-refractivity contribution in [3.05, 3.63) is 95.8 Å². The molecule has 1 fully saturated rings. The van der Waals surface area contributed by atoms with Gasteiger partial charge in [0.15, 0.2) is 6.61 Å². The summed E-state index contributed by atoms with van der Waals surface area (Å²) in [6, 6.07) is 19.5. The van der Waals surface area contributed by atoms with E-state index in [2.05, 4.69) is 5.32 Å². The van der Waals surface area contributed by atoms with E-state index in [1.807, 2.05) is 13.0 Å². The molecule has 1 saturated heterocycles. The Labute approximate surface area is 257 Å². The van der Waals surface area contributed by atoms with Gasteiger partial charge in [0, 0.05) is 39.4 Å². The minimum absolute atomic E-state index is 0.0190. The van der Waals surface area contributed by atoms with Gasteiger partial charge < -0.3 is 24.4 Å². The molecule has 1 atom stereocenters. The second kappa shape index (κ2) is 16.3. The van der Waals surface area contributed by atoms with Crippen LogP contribution >= 0.6 is 0 Å². The van der Waals surface area contributed by atoms with Crippen molar-refractivity contribution in [2.75, 3.05) is 52.7 Å². The molecule has 0 aliphatic carbocycles. The summed E-state index contributed by atoms with van der Waals surface area (Å²) in [6.07, 6.45) is 0.605. The zero-order chi connectivity index (χ0) is 31.4. The third kappa shape index (κ3) is 9.08. The van der Waals surface area contributed by atoms with Gasteiger partial charge in [0.25, 0.3) is 5.91 Å². The van der Waals surface area contributed by atoms with Gasteiger partial charge in [-0.15, -0.1) is 0 Å². The van der Waals surface area contributed by atoms with Crippen LogP contribution in [0.5, 0.6) is 5.75 Å². The fourth-order valence-corrected chi connectivity index (χ4v) is 6.12. The molecule has 236 valence electrons. The number of carbonyl (C=O) groups excluding carboxylic acids is 2. The van der Waals surface area contributed by atoms with Crippen LogP contribution in [0.25, 0.3) is 0 Å². The van der Waals surface area contributed by atoms with Crippen molar-refractivity contribution in [3.63, 3.8) is 0 Å². The Kier molecular flexibility index (Phi) is 12.2. The topological polar surface area (TPSA) is 114 Å². The molecule has 0 bridgehead atoms. The van der Waals surface area contributed by atoms with Gasteiger partial charge in [-0.05, 0) is 60.9 Å². The lowest BCUT2D eigenvalue weighted by Gasteiger charge is -2.31. The summed E-state index contributed by atoms with van der Waals surface area (Å²) in [4.78, 5) is 28.9. The van der Waals surface area contributed by atoms with E-state index in [1.165, 1.54) is 45.6 Å². The Balaban J connectivity index is 1.53. The highest BCUT2D eigenvalue weighted by atomic mass is 32.2. The van der Waals surface area contributed by atoms with E-state index in [1.54, 1.807) is 36.4 Å². The minimum Gasteiger partial charge on any atom is -0.484 e. The molecule has 1 N–H and O–H groups in total. The number of nitrogens with one attached hydrogen (secondary N) is 1. The number of hydrogen-bond donors (Lipinski definition) is 1. The molecule has 2 amide bonds. The van der Waals surface area contributed by atoms with E-state index >= 15 is 0 Å². The zero-order valence-corrected chi connectivity index (χ0v) is 25.5. The predicted molar refractivity (Wildman–Crippen MR) is 162 cm³/mol. The van der Waals surface area contributed by atoms with Crippen LogP contribution in [0.4, 0.5) is 4.39 Å². The molecule has 3 aromatic carbocycles. The first-order valence-corrected chi connectivity index (χ1v) is 16.0. The van der Waals surface area contributed by atoms with Gasteiger partial charge in [-0.1, -0.05) is 42.5 Å². The number of benzene rings is 3. The fourth-order valence-electron chi connectivity index (χ4n) is 4.72. The molecular weight excluding hydrogens is 589 g/mol. The molecule has 12 heteroatoms. The standard InChI is InChI=1S/C32H38FN3O7S/c1-2-41-20-6-17-34-32(38)31(26-7-4-3-5-8-26)36(23-25-9-11-27(33)12-10-25)30(37)24-43-28-13-15-29(16-14-28)44(39,40)35-18-21-42-22-19-35/h3-5,7-16,31H,2,6,17-24H2,1H3,(H,34,38)/t31-/m0/s1. The SMILES string of the molecule is CCOCCCNC(=O)[C@H](c1ccccc1)N(Cc1ccc(F)cc1)C(=O)COc1ccc(S(=O)(=O)N2CCOCC2)cc1. The van der Waals surface area contributed by atoms with Crippen molar-refractivity contribution in [2.24, 2.45) is 0 Å². The van der Waals surface area contributed by atoms with Crippen molar-refractivity contribution in [1.82, 2.24) is 14.5 Å². The maximum Gasteiger partial charge on any atom is 0.261 e. The Morgan fingerprint density at radius 1 is 1.00 bits per heavy atom. The van der Waals surface area contributed by atoms with Gasteiger partial charge in [0.1, 0.15) is 17.6 Å². The predicted octanol–water partition coefficient (Wildman–Crippen LogP) is 3.54. The number of nitrogens with zero attached hydrogens (tertiary/aromatic N) is 2. The second-order valence-corrected chi connectivity index (χ2v) is 12.0. The molecule has 44 heavy (non-hydrogen) atoms. The van der Waals surface area contributed by atoms with E-state index < -0.39 is 34.4 Å². The molecule has 0 spiro atoms. The number of amides is 2. The smallest absolute Gasteiger partial charge is 0.261 e. The molecular formula is C32H38FN3O7S. The monoisotopic (exact) mass is 627 g/mol. The Morgan fingerprint density at radius 2 is 1.68 bits per heavy atom. The highest BCUT2D eigenvalue weighted by Gasteiger charge is 2.32. The summed E-state index contributed by atoms with van der Waals surface area (Å²) in [5.41, 5.74) is 1.23. The zero-order valence-electron chi connectivity index (χ0n) is 24.7. The van der Waals surface area contributed by atoms with Gasteiger partial charge in [-0.25, -0.2) is 12.8 Å². The van der Waals surface area contributed by atoms with E-state index in [0.717, 1.165) is 0 Å². The molecule has 0 unspecified atom stereocenters. The molecule has 0 saturated carbocycles. The summed E-state index contributed by atoms with van der Waals surface area (Å²) < 4.78 is 57.3. The number of morpholine rings is 1. The number of halogens is 1. The lowest BCUT2D eigenvalue weighted by Crippen LogP contribution is -2.45. The van der Waals surface area contributed by atoms with Crippen molar-refractivity contribution >= 4 is 21.8 Å². The van der Waals surface area contributed by atoms with Crippen LogP contribution in [-0.4, -0.2) is 82.1 Å². The van der Waals surface area contributed by atoms with E-state index in [9.17, 15) is 22.4 Å². The minimum atomic E-state index is -3.68. The molecule has 3 aromatic rings. The Morgan fingerprint density at radius 3 is 2.34 bits per heavy atom. The van der Waals surface area contributed by atoms with Crippen LogP contribution in [0.15, 0.2) is 83.8 Å². The maximum atomic E-state index is 13.8. The number of sulfonamides is 1. The third-order valence-electron chi connectivity index (χ3n) is 7.02. The van der Waals surface area contributed by atoms with Crippen molar-refractivity contribution < 1.29 is 36.6 Å². The van der Waals surface area contributed by atoms with Crippen LogP contribution in [0.2, 0.25) is 0 Å². The molecule has 10 nitrogen and oxygen atoms in total. The van der Waals surface area contributed by atoms with Crippen molar-refractivity contribution in [3.8, 4) is 5.75 Å². The van der Waals surface area contributed by atoms with Crippen LogP contribution in [0.3, 0.4) is 0 Å². The van der Waals surface area contributed by atoms with Gasteiger partial charge in [-0.3, -0.25) is 9.59 Å². The summed E-state index contributed by atoms with van der Waals surface area (Å²) in [5, 5.41) is 2.91. The average molecular weight is 628 g/mol. The Bertz CT molecular complexity index is 1450. The highest BCUT2D eigenvalue weighted by molar-refractivity contribution is 7.89. The largest absolute Gasteiger partial charge is 0.484 e. The quantitative estimate of drug-likeness (QED) is 0.257. The van der Waals surface area contributed by atoms with E-state index in [-0.39, 0.29) is 36.2 Å². The van der Waals surface area contributed by atoms with Crippen molar-refractivity contribution in [2.45, 2.75) is 30.8 Å². The molecule has 4 rings (SSSR count). The Hall–Kier alpha value is -3.84. The van der Waals surface area contributed by atoms with E-state index in [4.69, 9.17) is 14.2 Å². The van der Waals surface area contributed by atoms with Crippen molar-refractivity contribution in [1.29, 1.82) is 0 Å². The lowest BCUT2D eigenvalue weighted by atomic mass is 10.0. The average Bonchev–Trinajstić information content (AvgIpc) is 3.05. The molecule has 0 radical (unpaired) electrons. The lowest BCUT2D eigenvalue weighted by molar-refractivity contribution is -0.143. The number of rotatable bonds is 15. The first-order chi connectivity index (χ1) is 21.3. The maximum absolute atomic E-state index is 13.8. The normalized spacial score (nSPS) is 14.5. The van der Waals surface area contributed by atoms with E-state index in [0.29, 0.717) is 50.5 Å². The van der Waals surface area contributed by atoms with Gasteiger partial charge in [0.05, 0.1) is 18.1 Å². The number of hydrogen-bond acceptors (Lipinski definition) is 7. The van der Waals surface area contributed by atoms with Crippen LogP contribution in [0, 0.1) is 5.82 Å². The summed E-state index contributed by atoms with van der Waals surface area (Å²) in [7, 11) is -3.68. The summed E-state index contributed by atoms with van der Waals surface area (Å²) >= 11 is 0. The van der Waals surface area contributed by atoms with Gasteiger partial charge in [-0.2, -0.15) is 4.31 Å². The third-order valence-corrected chi connectivity index (χ3v) is 8.94. The second-order valence-electron chi connectivity index (χ2n) is 10.1. The number of carbonyl (C=O) groups is 2. The van der Waals surface area contributed by atoms with Gasteiger partial charge in [0.2, 0.25) is 15.9 Å². The fraction of sp³-hybridized carbons (Fsp3) is 0.375. The number of ether oxygens (including phenoxy) is 3. The first-order valence-electron chi connectivity index (χ1n) is 14.5.